The van der Waals surface area contributed by atoms with Gasteiger partial charge in [-0.05, 0) is 56.4 Å². The van der Waals surface area contributed by atoms with Crippen molar-refractivity contribution in [3.05, 3.63) is 36.4 Å². The number of rotatable bonds is 13. The normalized spacial score (nSPS) is 13.7. The Hall–Kier alpha value is -2.69. The minimum atomic E-state index is 0.700. The number of nitrogens with zero attached hydrogens (tertiary/aromatic N) is 3. The average molecular weight is 464 g/mol. The Kier molecular flexibility index (Phi) is 8.73. The van der Waals surface area contributed by atoms with E-state index in [9.17, 15) is 0 Å². The lowest BCUT2D eigenvalue weighted by molar-refractivity contribution is 0.296. The zero-order chi connectivity index (χ0) is 23.8. The van der Waals surface area contributed by atoms with Crippen LogP contribution in [0.15, 0.2) is 36.4 Å². The number of fused-ring (bicyclic) bond motifs is 1. The maximum absolute atomic E-state index is 6.24. The van der Waals surface area contributed by atoms with Crippen LogP contribution in [0.5, 0.6) is 11.5 Å². The first-order chi connectivity index (χ1) is 16.7. The summed E-state index contributed by atoms with van der Waals surface area (Å²) >= 11 is 0. The monoisotopic (exact) mass is 463 g/mol. The first kappa shape index (κ1) is 24.4. The predicted molar refractivity (Wildman–Crippen MR) is 142 cm³/mol. The zero-order valence-corrected chi connectivity index (χ0v) is 21.3. The van der Waals surface area contributed by atoms with E-state index in [0.717, 1.165) is 98.7 Å². The van der Waals surface area contributed by atoms with Crippen LogP contribution in [0.1, 0.15) is 72.1 Å². The molecule has 0 atom stereocenters. The van der Waals surface area contributed by atoms with Gasteiger partial charge in [0.1, 0.15) is 17.1 Å². The van der Waals surface area contributed by atoms with Crippen LogP contribution in [0.3, 0.4) is 0 Å². The first-order valence-corrected chi connectivity index (χ1v) is 13.4. The fourth-order valence-corrected chi connectivity index (χ4v) is 4.58. The Labute approximate surface area is 205 Å². The Balaban J connectivity index is 1.74. The molecule has 4 rings (SSSR count). The first-order valence-electron chi connectivity index (χ1n) is 13.4. The summed E-state index contributed by atoms with van der Waals surface area (Å²) in [6, 6.07) is 13.2. The van der Waals surface area contributed by atoms with Crippen molar-refractivity contribution in [1.82, 2.24) is 9.55 Å². The van der Waals surface area contributed by atoms with Gasteiger partial charge in [0.05, 0.1) is 18.7 Å². The highest BCUT2D eigenvalue weighted by atomic mass is 16.5. The second kappa shape index (κ2) is 12.1. The van der Waals surface area contributed by atoms with E-state index < -0.39 is 0 Å². The topological polar surface area (TPSA) is 39.5 Å². The lowest BCUT2D eigenvalue weighted by atomic mass is 10.2. The molecule has 2 heterocycles. The van der Waals surface area contributed by atoms with Gasteiger partial charge < -0.3 is 18.9 Å². The van der Waals surface area contributed by atoms with E-state index in [1.54, 1.807) is 0 Å². The molecule has 0 N–H and O–H groups in total. The van der Waals surface area contributed by atoms with Crippen LogP contribution in [0.4, 0.5) is 5.69 Å². The van der Waals surface area contributed by atoms with Crippen molar-refractivity contribution in [3.63, 3.8) is 0 Å². The highest BCUT2D eigenvalue weighted by Gasteiger charge is 2.19. The second-order valence-corrected chi connectivity index (χ2v) is 9.37. The van der Waals surface area contributed by atoms with Crippen molar-refractivity contribution in [1.29, 1.82) is 0 Å². The van der Waals surface area contributed by atoms with Gasteiger partial charge >= 0.3 is 0 Å². The molecule has 0 aliphatic carbocycles. The minimum Gasteiger partial charge on any atom is -0.493 e. The van der Waals surface area contributed by atoms with Gasteiger partial charge in [0.25, 0.3) is 0 Å². The van der Waals surface area contributed by atoms with Crippen molar-refractivity contribution < 1.29 is 9.47 Å². The Bertz CT molecular complexity index is 1040. The molecule has 0 amide bonds. The van der Waals surface area contributed by atoms with Gasteiger partial charge in [-0.2, -0.15) is 0 Å². The summed E-state index contributed by atoms with van der Waals surface area (Å²) in [6.07, 6.45) is 9.13. The third-order valence-corrected chi connectivity index (χ3v) is 6.65. The van der Waals surface area contributed by atoms with E-state index in [1.165, 1.54) is 18.5 Å². The quantitative estimate of drug-likeness (QED) is 0.247. The molecular weight excluding hydrogens is 422 g/mol. The summed E-state index contributed by atoms with van der Waals surface area (Å²) in [5, 5.41) is 0. The number of ether oxygens (including phenoxy) is 2. The molecule has 0 radical (unpaired) electrons. The SMILES string of the molecule is CCCCOc1cc(OCCCC)c2nc(-c3ccc(N4CCCC4)cc3)n(CCCC)c2c1. The standard InChI is InChI=1S/C29H41N3O2/c1-4-7-18-32-26-21-25(33-19-8-5-2)22-27(34-20-9-6-3)28(26)30-29(32)23-12-14-24(15-13-23)31-16-10-11-17-31/h12-15,21-22H,4-11,16-20H2,1-3H3. The van der Waals surface area contributed by atoms with Gasteiger partial charge in [-0.1, -0.05) is 40.0 Å². The molecule has 1 aliphatic rings. The van der Waals surface area contributed by atoms with Crippen molar-refractivity contribution in [2.75, 3.05) is 31.2 Å². The smallest absolute Gasteiger partial charge is 0.150 e. The van der Waals surface area contributed by atoms with Crippen LogP contribution in [-0.4, -0.2) is 35.9 Å². The third kappa shape index (κ3) is 5.68. The summed E-state index contributed by atoms with van der Waals surface area (Å²) in [7, 11) is 0. The Morgan fingerprint density at radius 2 is 1.50 bits per heavy atom. The van der Waals surface area contributed by atoms with Crippen LogP contribution >= 0.6 is 0 Å². The molecule has 0 bridgehead atoms. The molecule has 1 aromatic heterocycles. The van der Waals surface area contributed by atoms with E-state index in [2.05, 4.69) is 60.6 Å². The molecule has 1 saturated heterocycles. The van der Waals surface area contributed by atoms with Crippen LogP contribution < -0.4 is 14.4 Å². The second-order valence-electron chi connectivity index (χ2n) is 9.37. The maximum Gasteiger partial charge on any atom is 0.150 e. The summed E-state index contributed by atoms with van der Waals surface area (Å²) in [5.74, 6) is 2.73. The lowest BCUT2D eigenvalue weighted by Gasteiger charge is -2.18. The summed E-state index contributed by atoms with van der Waals surface area (Å²) < 4.78 is 14.7. The number of aryl methyl sites for hydroxylation is 1. The Morgan fingerprint density at radius 3 is 2.18 bits per heavy atom. The number of hydrogen-bond donors (Lipinski definition) is 0. The lowest BCUT2D eigenvalue weighted by Crippen LogP contribution is -2.17. The predicted octanol–water partition coefficient (Wildman–Crippen LogP) is 7.46. The number of aromatic nitrogens is 2. The highest BCUT2D eigenvalue weighted by Crippen LogP contribution is 2.36. The molecule has 3 aromatic rings. The van der Waals surface area contributed by atoms with Gasteiger partial charge in [0, 0.05) is 43.0 Å². The van der Waals surface area contributed by atoms with Crippen LogP contribution in [0.2, 0.25) is 0 Å². The van der Waals surface area contributed by atoms with E-state index in [4.69, 9.17) is 14.5 Å². The van der Waals surface area contributed by atoms with Gasteiger partial charge in [-0.25, -0.2) is 4.98 Å². The van der Waals surface area contributed by atoms with Crippen molar-refractivity contribution in [3.8, 4) is 22.9 Å². The van der Waals surface area contributed by atoms with Crippen molar-refractivity contribution >= 4 is 16.7 Å². The molecule has 5 heteroatoms. The fourth-order valence-electron chi connectivity index (χ4n) is 4.58. The van der Waals surface area contributed by atoms with Gasteiger partial charge in [0.2, 0.25) is 0 Å². The highest BCUT2D eigenvalue weighted by molar-refractivity contribution is 5.87. The molecule has 1 fully saturated rings. The third-order valence-electron chi connectivity index (χ3n) is 6.65. The zero-order valence-electron chi connectivity index (χ0n) is 21.3. The van der Waals surface area contributed by atoms with Gasteiger partial charge in [-0.15, -0.1) is 0 Å². The summed E-state index contributed by atoms with van der Waals surface area (Å²) in [5.41, 5.74) is 4.51. The molecule has 184 valence electrons. The number of benzene rings is 2. The molecular formula is C29H41N3O2. The molecule has 34 heavy (non-hydrogen) atoms. The van der Waals surface area contributed by atoms with E-state index in [-0.39, 0.29) is 0 Å². The van der Waals surface area contributed by atoms with E-state index in [1.807, 2.05) is 6.07 Å². The summed E-state index contributed by atoms with van der Waals surface area (Å²) in [4.78, 5) is 7.62. The molecule has 0 saturated carbocycles. The maximum atomic E-state index is 6.24. The molecule has 2 aromatic carbocycles. The molecule has 5 nitrogen and oxygen atoms in total. The van der Waals surface area contributed by atoms with Crippen LogP contribution in [0, 0.1) is 0 Å². The van der Waals surface area contributed by atoms with E-state index >= 15 is 0 Å². The molecule has 0 spiro atoms. The minimum absolute atomic E-state index is 0.700. The number of anilines is 1. The average Bonchev–Trinajstić information content (AvgIpc) is 3.52. The number of imidazole rings is 1. The number of hydrogen-bond acceptors (Lipinski definition) is 4. The van der Waals surface area contributed by atoms with Gasteiger partial charge in [0.15, 0.2) is 5.75 Å². The van der Waals surface area contributed by atoms with Crippen LogP contribution in [-0.2, 0) is 6.54 Å². The van der Waals surface area contributed by atoms with Gasteiger partial charge in [-0.3, -0.25) is 0 Å². The molecule has 1 aliphatic heterocycles. The van der Waals surface area contributed by atoms with Crippen LogP contribution in [0.25, 0.3) is 22.4 Å². The fraction of sp³-hybridized carbons (Fsp3) is 0.552. The Morgan fingerprint density at radius 1 is 0.824 bits per heavy atom. The number of unbranched alkanes of at least 4 members (excludes halogenated alkanes) is 3. The summed E-state index contributed by atoms with van der Waals surface area (Å²) in [6.45, 7) is 11.3. The largest absolute Gasteiger partial charge is 0.493 e. The van der Waals surface area contributed by atoms with E-state index in [0.29, 0.717) is 6.61 Å². The van der Waals surface area contributed by atoms with Crippen molar-refractivity contribution in [2.24, 2.45) is 0 Å². The van der Waals surface area contributed by atoms with Crippen molar-refractivity contribution in [2.45, 2.75) is 78.7 Å². The molecule has 0 unspecified atom stereocenters.